The van der Waals surface area contributed by atoms with E-state index in [4.69, 9.17) is 0 Å². The van der Waals surface area contributed by atoms with E-state index in [1.165, 1.54) is 6.07 Å². The number of nitro benzene ring substituents is 1. The van der Waals surface area contributed by atoms with Crippen LogP contribution in [0, 0.1) is 10.1 Å². The minimum atomic E-state index is -0.386. The van der Waals surface area contributed by atoms with Gasteiger partial charge in [0.2, 0.25) is 0 Å². The summed E-state index contributed by atoms with van der Waals surface area (Å²) in [5.74, 6) is 0. The molecule has 0 atom stereocenters. The fraction of sp³-hybridized carbons (Fsp3) is 0.273. The summed E-state index contributed by atoms with van der Waals surface area (Å²) in [7, 11) is 0. The van der Waals surface area contributed by atoms with E-state index in [1.54, 1.807) is 18.2 Å². The minimum absolute atomic E-state index is 0.125. The second-order valence-corrected chi connectivity index (χ2v) is 3.09. The maximum atomic E-state index is 10.5. The Morgan fingerprint density at radius 3 is 2.79 bits per heavy atom. The molecule has 0 aliphatic heterocycles. The van der Waals surface area contributed by atoms with Gasteiger partial charge in [0.05, 0.1) is 4.92 Å². The molecule has 0 heterocycles. The third-order valence-electron chi connectivity index (χ3n) is 2.08. The summed E-state index contributed by atoms with van der Waals surface area (Å²) >= 11 is 0. The average molecular weight is 191 g/mol. The number of hydrogen-bond acceptors (Lipinski definition) is 2. The number of non-ortho nitro benzene ring substituents is 1. The van der Waals surface area contributed by atoms with Crippen molar-refractivity contribution >= 4 is 11.8 Å². The molecule has 1 aromatic rings. The van der Waals surface area contributed by atoms with Crippen molar-refractivity contribution in [2.24, 2.45) is 0 Å². The van der Waals surface area contributed by atoms with Crippen molar-refractivity contribution in [2.45, 2.75) is 19.8 Å². The third-order valence-corrected chi connectivity index (χ3v) is 2.08. The van der Waals surface area contributed by atoms with Gasteiger partial charge in [0.1, 0.15) is 0 Å². The van der Waals surface area contributed by atoms with Gasteiger partial charge in [-0.2, -0.15) is 0 Å². The Balaban J connectivity index is 3.11. The number of hydrogen-bond donors (Lipinski definition) is 0. The molecule has 1 rings (SSSR count). The molecular formula is C11H13NO2. The van der Waals surface area contributed by atoms with Crippen molar-refractivity contribution in [3.8, 4) is 0 Å². The summed E-state index contributed by atoms with van der Waals surface area (Å²) in [5.41, 5.74) is 2.11. The lowest BCUT2D eigenvalue weighted by atomic mass is 10.0. The number of benzene rings is 1. The molecule has 0 saturated carbocycles. The molecule has 0 bridgehead atoms. The first kappa shape index (κ1) is 10.4. The lowest BCUT2D eigenvalue weighted by molar-refractivity contribution is -0.384. The van der Waals surface area contributed by atoms with E-state index in [2.05, 4.69) is 13.5 Å². The second-order valence-electron chi connectivity index (χ2n) is 3.09. The molecule has 0 aliphatic rings. The van der Waals surface area contributed by atoms with E-state index in [9.17, 15) is 10.1 Å². The Bertz CT molecular complexity index is 358. The van der Waals surface area contributed by atoms with Crippen molar-refractivity contribution in [3.05, 3.63) is 46.0 Å². The minimum Gasteiger partial charge on any atom is -0.258 e. The van der Waals surface area contributed by atoms with Crippen molar-refractivity contribution in [1.82, 2.24) is 0 Å². The van der Waals surface area contributed by atoms with Gasteiger partial charge in [-0.3, -0.25) is 10.1 Å². The number of nitrogens with zero attached hydrogens (tertiary/aromatic N) is 1. The molecule has 1 aromatic carbocycles. The van der Waals surface area contributed by atoms with Gasteiger partial charge in [-0.15, -0.1) is 0 Å². The van der Waals surface area contributed by atoms with E-state index in [0.717, 1.165) is 24.0 Å². The fourth-order valence-corrected chi connectivity index (χ4v) is 1.38. The van der Waals surface area contributed by atoms with Gasteiger partial charge in [0, 0.05) is 12.1 Å². The zero-order chi connectivity index (χ0) is 10.6. The molecule has 0 unspecified atom stereocenters. The molecule has 74 valence electrons. The van der Waals surface area contributed by atoms with Crippen LogP contribution in [0.4, 0.5) is 5.69 Å². The zero-order valence-electron chi connectivity index (χ0n) is 8.19. The highest BCUT2D eigenvalue weighted by Crippen LogP contribution is 2.19. The van der Waals surface area contributed by atoms with Crippen molar-refractivity contribution in [2.75, 3.05) is 0 Å². The summed E-state index contributed by atoms with van der Waals surface area (Å²) < 4.78 is 0. The average Bonchev–Trinajstić information content (AvgIpc) is 2.18. The maximum absolute atomic E-state index is 10.5. The Morgan fingerprint density at radius 2 is 2.29 bits per heavy atom. The zero-order valence-corrected chi connectivity index (χ0v) is 8.19. The van der Waals surface area contributed by atoms with Crippen LogP contribution in [-0.4, -0.2) is 4.92 Å². The quantitative estimate of drug-likeness (QED) is 0.541. The molecule has 0 aromatic heterocycles. The van der Waals surface area contributed by atoms with Crippen LogP contribution in [0.3, 0.4) is 0 Å². The maximum Gasteiger partial charge on any atom is 0.270 e. The lowest BCUT2D eigenvalue weighted by Gasteiger charge is -2.03. The van der Waals surface area contributed by atoms with E-state index >= 15 is 0 Å². The van der Waals surface area contributed by atoms with Crippen molar-refractivity contribution in [3.63, 3.8) is 0 Å². The molecular weight excluding hydrogens is 178 g/mol. The smallest absolute Gasteiger partial charge is 0.258 e. The molecule has 0 aliphatic carbocycles. The predicted molar refractivity (Wildman–Crippen MR) is 57.2 cm³/mol. The summed E-state index contributed by atoms with van der Waals surface area (Å²) in [6, 6.07) is 4.91. The second kappa shape index (κ2) is 4.56. The highest BCUT2D eigenvalue weighted by molar-refractivity contribution is 5.56. The first-order valence-corrected chi connectivity index (χ1v) is 4.58. The monoisotopic (exact) mass is 191 g/mol. The highest BCUT2D eigenvalue weighted by Gasteiger charge is 2.07. The van der Waals surface area contributed by atoms with E-state index in [-0.39, 0.29) is 10.6 Å². The topological polar surface area (TPSA) is 43.1 Å². The van der Waals surface area contributed by atoms with Crippen LogP contribution in [-0.2, 0) is 6.42 Å². The number of rotatable bonds is 4. The van der Waals surface area contributed by atoms with Gasteiger partial charge in [-0.25, -0.2) is 0 Å². The molecule has 0 radical (unpaired) electrons. The molecule has 14 heavy (non-hydrogen) atoms. The SMILES string of the molecule is C=Cc1cc([N+](=O)[O-])ccc1CCC. The van der Waals surface area contributed by atoms with Gasteiger partial charge in [0.25, 0.3) is 5.69 Å². The summed E-state index contributed by atoms with van der Waals surface area (Å²) in [6.07, 6.45) is 3.62. The van der Waals surface area contributed by atoms with E-state index < -0.39 is 0 Å². The number of aryl methyl sites for hydroxylation is 1. The first-order valence-electron chi connectivity index (χ1n) is 4.58. The van der Waals surface area contributed by atoms with Gasteiger partial charge in [-0.05, 0) is 17.5 Å². The highest BCUT2D eigenvalue weighted by atomic mass is 16.6. The molecule has 0 amide bonds. The van der Waals surface area contributed by atoms with Crippen LogP contribution < -0.4 is 0 Å². The van der Waals surface area contributed by atoms with E-state index in [1.807, 2.05) is 0 Å². The Morgan fingerprint density at radius 1 is 1.57 bits per heavy atom. The summed E-state index contributed by atoms with van der Waals surface area (Å²) in [5, 5.41) is 10.5. The third kappa shape index (κ3) is 2.19. The molecule has 0 fully saturated rings. The molecule has 3 nitrogen and oxygen atoms in total. The largest absolute Gasteiger partial charge is 0.270 e. The van der Waals surface area contributed by atoms with Crippen LogP contribution in [0.2, 0.25) is 0 Å². The summed E-state index contributed by atoms with van der Waals surface area (Å²) in [4.78, 5) is 10.1. The van der Waals surface area contributed by atoms with Crippen LogP contribution in [0.25, 0.3) is 6.08 Å². The molecule has 0 N–H and O–H groups in total. The van der Waals surface area contributed by atoms with Crippen molar-refractivity contribution < 1.29 is 4.92 Å². The van der Waals surface area contributed by atoms with Crippen LogP contribution in [0.5, 0.6) is 0 Å². The van der Waals surface area contributed by atoms with Crippen LogP contribution in [0.1, 0.15) is 24.5 Å². The van der Waals surface area contributed by atoms with Crippen LogP contribution >= 0.6 is 0 Å². The lowest BCUT2D eigenvalue weighted by Crippen LogP contribution is -1.92. The fourth-order valence-electron chi connectivity index (χ4n) is 1.38. The Hall–Kier alpha value is -1.64. The van der Waals surface area contributed by atoms with E-state index in [0.29, 0.717) is 0 Å². The predicted octanol–water partition coefficient (Wildman–Crippen LogP) is 3.19. The van der Waals surface area contributed by atoms with Gasteiger partial charge < -0.3 is 0 Å². The standard InChI is InChI=1S/C11H13NO2/c1-3-5-10-6-7-11(12(13)14)8-9(10)4-2/h4,6-8H,2-3,5H2,1H3. The van der Waals surface area contributed by atoms with Gasteiger partial charge >= 0.3 is 0 Å². The van der Waals surface area contributed by atoms with Gasteiger partial charge in [-0.1, -0.05) is 32.1 Å². The van der Waals surface area contributed by atoms with Crippen molar-refractivity contribution in [1.29, 1.82) is 0 Å². The number of nitro groups is 1. The Labute approximate surface area is 83.2 Å². The molecule has 0 spiro atoms. The summed E-state index contributed by atoms with van der Waals surface area (Å²) in [6.45, 7) is 5.73. The van der Waals surface area contributed by atoms with Gasteiger partial charge in [0.15, 0.2) is 0 Å². The molecule has 3 heteroatoms. The normalized spacial score (nSPS) is 9.79. The van der Waals surface area contributed by atoms with Crippen LogP contribution in [0.15, 0.2) is 24.8 Å². The first-order chi connectivity index (χ1) is 6.69. The molecule has 0 saturated heterocycles. The Kier molecular flexibility index (Phi) is 3.40.